The van der Waals surface area contributed by atoms with Crippen molar-refractivity contribution in [1.29, 1.82) is 0 Å². The number of hydrogen-bond acceptors (Lipinski definition) is 2. The fourth-order valence-corrected chi connectivity index (χ4v) is 2.28. The number of nitrogens with one attached hydrogen (secondary N) is 1. The standard InChI is InChI=1S/C17H25ClN2O2/c1-5-16(21)20(11-14-7-6-8-15(18)9-14)13(4)17(22)19-10-12(2)3/h6-9,12-13H,5,10-11H2,1-4H3,(H,19,22)/t13-/m0/s1. The van der Waals surface area contributed by atoms with Gasteiger partial charge in [0.1, 0.15) is 6.04 Å². The SMILES string of the molecule is CCC(=O)N(Cc1cccc(Cl)c1)[C@@H](C)C(=O)NCC(C)C. The number of amides is 2. The molecule has 2 amide bonds. The smallest absolute Gasteiger partial charge is 0.242 e. The van der Waals surface area contributed by atoms with Gasteiger partial charge < -0.3 is 10.2 Å². The van der Waals surface area contributed by atoms with Gasteiger partial charge in [0.25, 0.3) is 0 Å². The molecule has 22 heavy (non-hydrogen) atoms. The van der Waals surface area contributed by atoms with Gasteiger partial charge in [0.05, 0.1) is 0 Å². The van der Waals surface area contributed by atoms with E-state index in [0.29, 0.717) is 30.5 Å². The van der Waals surface area contributed by atoms with Crippen molar-refractivity contribution in [2.75, 3.05) is 6.54 Å². The lowest BCUT2D eigenvalue weighted by Gasteiger charge is -2.28. The van der Waals surface area contributed by atoms with E-state index >= 15 is 0 Å². The molecule has 0 aliphatic carbocycles. The summed E-state index contributed by atoms with van der Waals surface area (Å²) in [6, 6.07) is 6.84. The molecular formula is C17H25ClN2O2. The van der Waals surface area contributed by atoms with Gasteiger partial charge in [-0.3, -0.25) is 9.59 Å². The maximum atomic E-state index is 12.2. The number of halogens is 1. The summed E-state index contributed by atoms with van der Waals surface area (Å²) in [5.74, 6) is 0.198. The van der Waals surface area contributed by atoms with Crippen LogP contribution in [-0.4, -0.2) is 29.3 Å². The molecule has 0 saturated carbocycles. The minimum Gasteiger partial charge on any atom is -0.354 e. The summed E-state index contributed by atoms with van der Waals surface area (Å²) in [7, 11) is 0. The van der Waals surface area contributed by atoms with Crippen LogP contribution < -0.4 is 5.32 Å². The third kappa shape index (κ3) is 5.68. The second-order valence-electron chi connectivity index (χ2n) is 5.82. The van der Waals surface area contributed by atoms with Crippen LogP contribution in [0.5, 0.6) is 0 Å². The molecule has 0 aliphatic heterocycles. The van der Waals surface area contributed by atoms with E-state index in [2.05, 4.69) is 5.32 Å². The molecule has 0 spiro atoms. The Morgan fingerprint density at radius 1 is 1.27 bits per heavy atom. The molecule has 1 aromatic rings. The van der Waals surface area contributed by atoms with Gasteiger partial charge in [-0.05, 0) is 30.5 Å². The molecule has 4 nitrogen and oxygen atoms in total. The van der Waals surface area contributed by atoms with Crippen LogP contribution >= 0.6 is 11.6 Å². The summed E-state index contributed by atoms with van der Waals surface area (Å²) in [4.78, 5) is 26.0. The van der Waals surface area contributed by atoms with Crippen molar-refractivity contribution >= 4 is 23.4 Å². The van der Waals surface area contributed by atoms with E-state index in [1.54, 1.807) is 24.8 Å². The van der Waals surface area contributed by atoms with E-state index in [9.17, 15) is 9.59 Å². The fraction of sp³-hybridized carbons (Fsp3) is 0.529. The van der Waals surface area contributed by atoms with E-state index in [1.165, 1.54) is 0 Å². The lowest BCUT2D eigenvalue weighted by atomic mass is 10.1. The molecule has 1 aromatic carbocycles. The summed E-state index contributed by atoms with van der Waals surface area (Å²) >= 11 is 5.99. The third-order valence-corrected chi connectivity index (χ3v) is 3.63. The Morgan fingerprint density at radius 3 is 2.50 bits per heavy atom. The van der Waals surface area contributed by atoms with Crippen molar-refractivity contribution in [3.05, 3.63) is 34.9 Å². The van der Waals surface area contributed by atoms with Gasteiger partial charge in [0.15, 0.2) is 0 Å². The van der Waals surface area contributed by atoms with Gasteiger partial charge in [0.2, 0.25) is 11.8 Å². The van der Waals surface area contributed by atoms with Crippen molar-refractivity contribution in [2.24, 2.45) is 5.92 Å². The second-order valence-corrected chi connectivity index (χ2v) is 6.26. The number of carbonyl (C=O) groups is 2. The van der Waals surface area contributed by atoms with Crippen LogP contribution in [0, 0.1) is 5.92 Å². The van der Waals surface area contributed by atoms with Crippen LogP contribution in [0.2, 0.25) is 5.02 Å². The highest BCUT2D eigenvalue weighted by molar-refractivity contribution is 6.30. The quantitative estimate of drug-likeness (QED) is 0.837. The molecule has 0 saturated heterocycles. The first kappa shape index (κ1) is 18.5. The van der Waals surface area contributed by atoms with Gasteiger partial charge in [-0.2, -0.15) is 0 Å². The van der Waals surface area contributed by atoms with Gasteiger partial charge in [0, 0.05) is 24.5 Å². The molecule has 0 radical (unpaired) electrons. The lowest BCUT2D eigenvalue weighted by molar-refractivity contribution is -0.140. The first-order chi connectivity index (χ1) is 10.3. The normalized spacial score (nSPS) is 12.1. The number of hydrogen-bond donors (Lipinski definition) is 1. The van der Waals surface area contributed by atoms with E-state index < -0.39 is 6.04 Å². The zero-order valence-electron chi connectivity index (χ0n) is 13.7. The highest BCUT2D eigenvalue weighted by Gasteiger charge is 2.25. The molecule has 1 atom stereocenters. The van der Waals surface area contributed by atoms with Crippen molar-refractivity contribution in [1.82, 2.24) is 10.2 Å². The monoisotopic (exact) mass is 324 g/mol. The molecule has 0 aromatic heterocycles. The van der Waals surface area contributed by atoms with Gasteiger partial charge in [-0.15, -0.1) is 0 Å². The molecular weight excluding hydrogens is 300 g/mol. The zero-order valence-corrected chi connectivity index (χ0v) is 14.5. The second kappa shape index (κ2) is 8.79. The van der Waals surface area contributed by atoms with Crippen LogP contribution in [0.4, 0.5) is 0 Å². The number of rotatable bonds is 7. The van der Waals surface area contributed by atoms with Crippen LogP contribution in [0.3, 0.4) is 0 Å². The Hall–Kier alpha value is -1.55. The van der Waals surface area contributed by atoms with Crippen molar-refractivity contribution in [3.8, 4) is 0 Å². The van der Waals surface area contributed by atoms with E-state index in [0.717, 1.165) is 5.56 Å². The predicted molar refractivity (Wildman–Crippen MR) is 89.6 cm³/mol. The van der Waals surface area contributed by atoms with Crippen LogP contribution in [0.15, 0.2) is 24.3 Å². The molecule has 0 aliphatic rings. The lowest BCUT2D eigenvalue weighted by Crippen LogP contribution is -2.48. The molecule has 0 bridgehead atoms. The Bertz CT molecular complexity index is 517. The fourth-order valence-electron chi connectivity index (χ4n) is 2.07. The van der Waals surface area contributed by atoms with Crippen molar-refractivity contribution in [2.45, 2.75) is 46.7 Å². The van der Waals surface area contributed by atoms with Gasteiger partial charge in [-0.25, -0.2) is 0 Å². The molecule has 0 unspecified atom stereocenters. The Morgan fingerprint density at radius 2 is 1.95 bits per heavy atom. The molecule has 122 valence electrons. The van der Waals surface area contributed by atoms with E-state index in [4.69, 9.17) is 11.6 Å². The maximum Gasteiger partial charge on any atom is 0.242 e. The minimum absolute atomic E-state index is 0.0489. The molecule has 1 N–H and O–H groups in total. The summed E-state index contributed by atoms with van der Waals surface area (Å²) in [5.41, 5.74) is 0.915. The van der Waals surface area contributed by atoms with Crippen LogP contribution in [0.25, 0.3) is 0 Å². The zero-order chi connectivity index (χ0) is 16.7. The Kier molecular flexibility index (Phi) is 7.39. The molecule has 5 heteroatoms. The first-order valence-corrected chi connectivity index (χ1v) is 8.04. The summed E-state index contributed by atoms with van der Waals surface area (Å²) in [5, 5.41) is 3.50. The Balaban J connectivity index is 2.83. The maximum absolute atomic E-state index is 12.2. The molecule has 0 heterocycles. The van der Waals surface area contributed by atoms with Gasteiger partial charge >= 0.3 is 0 Å². The average Bonchev–Trinajstić information content (AvgIpc) is 2.48. The molecule has 0 fully saturated rings. The topological polar surface area (TPSA) is 49.4 Å². The summed E-state index contributed by atoms with van der Waals surface area (Å²) in [6.45, 7) is 8.61. The highest BCUT2D eigenvalue weighted by Crippen LogP contribution is 2.15. The van der Waals surface area contributed by atoms with Crippen LogP contribution in [0.1, 0.15) is 39.7 Å². The third-order valence-electron chi connectivity index (χ3n) is 3.40. The summed E-state index contributed by atoms with van der Waals surface area (Å²) in [6.07, 6.45) is 0.363. The Labute approximate surface area is 137 Å². The average molecular weight is 325 g/mol. The van der Waals surface area contributed by atoms with Gasteiger partial charge in [-0.1, -0.05) is 44.5 Å². The van der Waals surface area contributed by atoms with E-state index in [1.807, 2.05) is 32.0 Å². The number of benzene rings is 1. The largest absolute Gasteiger partial charge is 0.354 e. The number of carbonyl (C=O) groups excluding carboxylic acids is 2. The molecule has 1 rings (SSSR count). The minimum atomic E-state index is -0.509. The van der Waals surface area contributed by atoms with Crippen molar-refractivity contribution in [3.63, 3.8) is 0 Å². The predicted octanol–water partition coefficient (Wildman–Crippen LogP) is 3.24. The highest BCUT2D eigenvalue weighted by atomic mass is 35.5. The van der Waals surface area contributed by atoms with Crippen molar-refractivity contribution < 1.29 is 9.59 Å². The van der Waals surface area contributed by atoms with Crippen LogP contribution in [-0.2, 0) is 16.1 Å². The van der Waals surface area contributed by atoms with E-state index in [-0.39, 0.29) is 11.8 Å². The summed E-state index contributed by atoms with van der Waals surface area (Å²) < 4.78 is 0. The first-order valence-electron chi connectivity index (χ1n) is 7.66. The number of nitrogens with zero attached hydrogens (tertiary/aromatic N) is 1.